The van der Waals surface area contributed by atoms with Crippen LogP contribution in [0.3, 0.4) is 0 Å². The van der Waals surface area contributed by atoms with Crippen molar-refractivity contribution in [1.82, 2.24) is 0 Å². The first-order chi connectivity index (χ1) is 7.85. The first-order valence-electron chi connectivity index (χ1n) is 6.28. The molecule has 1 atom stereocenters. The largest absolute Gasteiger partial charge is 0.143 e. The van der Waals surface area contributed by atoms with E-state index in [0.29, 0.717) is 0 Å². The second-order valence-corrected chi connectivity index (χ2v) is 6.32. The molecule has 2 heteroatoms. The van der Waals surface area contributed by atoms with Crippen LogP contribution in [-0.4, -0.2) is 0 Å². The van der Waals surface area contributed by atoms with Gasteiger partial charge in [0.05, 0.1) is 0 Å². The molecule has 2 aromatic rings. The monoisotopic (exact) mass is 252 g/mol. The lowest BCUT2D eigenvalue weighted by Crippen LogP contribution is -2.02. The summed E-state index contributed by atoms with van der Waals surface area (Å²) in [4.78, 5) is 0. The molecule has 0 aromatic carbocycles. The van der Waals surface area contributed by atoms with Crippen LogP contribution in [0.5, 0.6) is 0 Å². The molecule has 0 aliphatic rings. The molecule has 2 rings (SSSR count). The highest BCUT2D eigenvalue weighted by Gasteiger charge is 2.11. The first kappa shape index (κ1) is 12.1. The predicted molar refractivity (Wildman–Crippen MR) is 76.7 cm³/mol. The highest BCUT2D eigenvalue weighted by molar-refractivity contribution is 7.26. The summed E-state index contributed by atoms with van der Waals surface area (Å²) in [5.41, 5.74) is 1.60. The average molecular weight is 252 g/mol. The smallest absolute Gasteiger partial charge is 0.0482 e. The summed E-state index contributed by atoms with van der Waals surface area (Å²) in [6, 6.07) is 2.25. The van der Waals surface area contributed by atoms with Crippen LogP contribution in [0.1, 0.15) is 45.1 Å². The number of thiophene rings is 2. The van der Waals surface area contributed by atoms with Crippen molar-refractivity contribution in [1.29, 1.82) is 0 Å². The molecule has 0 fully saturated rings. The van der Waals surface area contributed by atoms with E-state index in [2.05, 4.69) is 30.7 Å². The minimum absolute atomic E-state index is 0.889. The van der Waals surface area contributed by atoms with E-state index >= 15 is 0 Å². The Morgan fingerprint density at radius 1 is 1.25 bits per heavy atom. The summed E-state index contributed by atoms with van der Waals surface area (Å²) < 4.78 is 3.02. The van der Waals surface area contributed by atoms with Gasteiger partial charge >= 0.3 is 0 Å². The Hall–Kier alpha value is -0.340. The summed E-state index contributed by atoms with van der Waals surface area (Å²) in [7, 11) is 0. The number of unbranched alkanes of at least 4 members (excludes halogenated alkanes) is 1. The zero-order valence-corrected chi connectivity index (χ0v) is 11.8. The number of hydrogen-bond donors (Lipinski definition) is 0. The van der Waals surface area contributed by atoms with Crippen molar-refractivity contribution in [3.05, 3.63) is 22.4 Å². The molecule has 0 radical (unpaired) electrons. The molecular weight excluding hydrogens is 232 g/mol. The summed E-state index contributed by atoms with van der Waals surface area (Å²) >= 11 is 3.81. The van der Waals surface area contributed by atoms with Crippen LogP contribution in [0.15, 0.2) is 16.8 Å². The summed E-state index contributed by atoms with van der Waals surface area (Å²) in [6.07, 6.45) is 6.72. The van der Waals surface area contributed by atoms with Crippen molar-refractivity contribution >= 4 is 32.1 Å². The molecule has 88 valence electrons. The average Bonchev–Trinajstić information content (AvgIpc) is 2.88. The standard InChI is InChI=1S/C14H20S2/c1-3-5-6-11(4-2)9-12-10-16-13-7-8-15-14(12)13/h7-8,10-11H,3-6,9H2,1-2H3. The maximum Gasteiger partial charge on any atom is 0.0482 e. The first-order valence-corrected chi connectivity index (χ1v) is 8.04. The Bertz CT molecular complexity index is 425. The topological polar surface area (TPSA) is 0 Å². The molecule has 0 aliphatic carbocycles. The lowest BCUT2D eigenvalue weighted by Gasteiger charge is -2.13. The normalized spacial score (nSPS) is 13.4. The van der Waals surface area contributed by atoms with E-state index < -0.39 is 0 Å². The van der Waals surface area contributed by atoms with Gasteiger partial charge in [-0.25, -0.2) is 0 Å². The molecule has 16 heavy (non-hydrogen) atoms. The van der Waals surface area contributed by atoms with Gasteiger partial charge in [0, 0.05) is 9.40 Å². The molecule has 0 saturated heterocycles. The van der Waals surface area contributed by atoms with Crippen molar-refractivity contribution in [2.75, 3.05) is 0 Å². The van der Waals surface area contributed by atoms with Gasteiger partial charge in [0.15, 0.2) is 0 Å². The Morgan fingerprint density at radius 2 is 2.12 bits per heavy atom. The number of hydrogen-bond acceptors (Lipinski definition) is 2. The van der Waals surface area contributed by atoms with E-state index in [9.17, 15) is 0 Å². The Kier molecular flexibility index (Phi) is 4.42. The fourth-order valence-corrected chi connectivity index (χ4v) is 4.34. The molecule has 0 spiro atoms. The van der Waals surface area contributed by atoms with Gasteiger partial charge in [-0.2, -0.15) is 0 Å². The van der Waals surface area contributed by atoms with Gasteiger partial charge in [-0.3, -0.25) is 0 Å². The van der Waals surface area contributed by atoms with E-state index in [1.54, 1.807) is 10.3 Å². The molecule has 2 heterocycles. The van der Waals surface area contributed by atoms with Gasteiger partial charge in [0.1, 0.15) is 0 Å². The fourth-order valence-electron chi connectivity index (χ4n) is 2.21. The van der Waals surface area contributed by atoms with E-state index in [0.717, 1.165) is 5.92 Å². The summed E-state index contributed by atoms with van der Waals surface area (Å²) in [6.45, 7) is 4.62. The van der Waals surface area contributed by atoms with Gasteiger partial charge in [-0.05, 0) is 34.7 Å². The summed E-state index contributed by atoms with van der Waals surface area (Å²) in [5.74, 6) is 0.889. The number of fused-ring (bicyclic) bond motifs is 1. The molecule has 0 bridgehead atoms. The van der Waals surface area contributed by atoms with Crippen LogP contribution in [0, 0.1) is 5.92 Å². The van der Waals surface area contributed by atoms with Crippen molar-refractivity contribution in [3.63, 3.8) is 0 Å². The molecular formula is C14H20S2. The maximum atomic E-state index is 2.37. The van der Waals surface area contributed by atoms with Crippen LogP contribution < -0.4 is 0 Å². The third-order valence-electron chi connectivity index (χ3n) is 3.30. The van der Waals surface area contributed by atoms with E-state index in [1.807, 2.05) is 22.7 Å². The predicted octanol–water partition coefficient (Wildman–Crippen LogP) is 5.72. The molecule has 2 aromatic heterocycles. The van der Waals surface area contributed by atoms with Gasteiger partial charge in [0.2, 0.25) is 0 Å². The molecule has 0 amide bonds. The van der Waals surface area contributed by atoms with Crippen LogP contribution in [-0.2, 0) is 6.42 Å². The van der Waals surface area contributed by atoms with Gasteiger partial charge in [0.25, 0.3) is 0 Å². The quantitative estimate of drug-likeness (QED) is 0.616. The van der Waals surface area contributed by atoms with Crippen molar-refractivity contribution in [2.45, 2.75) is 46.0 Å². The third-order valence-corrected chi connectivity index (χ3v) is 5.42. The zero-order chi connectivity index (χ0) is 11.4. The Labute approximate surface area is 106 Å². The van der Waals surface area contributed by atoms with Crippen LogP contribution in [0.2, 0.25) is 0 Å². The third kappa shape index (κ3) is 2.67. The van der Waals surface area contributed by atoms with Crippen LogP contribution >= 0.6 is 22.7 Å². The second-order valence-electron chi connectivity index (χ2n) is 4.50. The molecule has 0 saturated carbocycles. The van der Waals surface area contributed by atoms with Gasteiger partial charge in [-0.1, -0.05) is 39.5 Å². The van der Waals surface area contributed by atoms with Crippen molar-refractivity contribution in [3.8, 4) is 0 Å². The van der Waals surface area contributed by atoms with Crippen molar-refractivity contribution in [2.24, 2.45) is 5.92 Å². The minimum Gasteiger partial charge on any atom is -0.143 e. The second kappa shape index (κ2) is 5.83. The van der Waals surface area contributed by atoms with Crippen LogP contribution in [0.25, 0.3) is 9.40 Å². The maximum absolute atomic E-state index is 2.37. The van der Waals surface area contributed by atoms with Gasteiger partial charge < -0.3 is 0 Å². The number of rotatable bonds is 6. The van der Waals surface area contributed by atoms with Gasteiger partial charge in [-0.15, -0.1) is 22.7 Å². The fraction of sp³-hybridized carbons (Fsp3) is 0.571. The van der Waals surface area contributed by atoms with E-state index in [4.69, 9.17) is 0 Å². The summed E-state index contributed by atoms with van der Waals surface area (Å²) in [5, 5.41) is 4.59. The van der Waals surface area contributed by atoms with E-state index in [1.165, 1.54) is 36.8 Å². The van der Waals surface area contributed by atoms with E-state index in [-0.39, 0.29) is 0 Å². The molecule has 0 aliphatic heterocycles. The highest BCUT2D eigenvalue weighted by Crippen LogP contribution is 2.33. The Balaban J connectivity index is 2.05. The molecule has 0 N–H and O–H groups in total. The highest BCUT2D eigenvalue weighted by atomic mass is 32.1. The lowest BCUT2D eigenvalue weighted by molar-refractivity contribution is 0.451. The Morgan fingerprint density at radius 3 is 2.88 bits per heavy atom. The van der Waals surface area contributed by atoms with Crippen LogP contribution in [0.4, 0.5) is 0 Å². The lowest BCUT2D eigenvalue weighted by atomic mass is 9.93. The SMILES string of the molecule is CCCCC(CC)Cc1csc2ccsc12. The zero-order valence-electron chi connectivity index (χ0n) is 10.2. The van der Waals surface area contributed by atoms with Crippen molar-refractivity contribution < 1.29 is 0 Å². The molecule has 0 nitrogen and oxygen atoms in total. The minimum atomic E-state index is 0.889. The molecule has 1 unspecified atom stereocenters.